The SMILES string of the molecule is CC(C)=CC[C@H]1C(O)C=C[C@H]1CCO[Si](c1ccccc1)(c1ccccc1)C(C)(C)C. The molecule has 1 unspecified atom stereocenters. The molecule has 3 rings (SSSR count). The normalized spacial score (nSPS) is 21.3. The standard InChI is InChI=1S/C28H38O2Si/c1-22(2)16-18-26-23(17-19-27(26)29)20-21-30-31(28(3,4)5,24-12-8-6-9-13-24)25-14-10-7-11-15-25/h6-17,19,23,26-27,29H,18,20-21H2,1-5H3/t23-,26+,27?/m0/s1. The van der Waals surface area contributed by atoms with Gasteiger partial charge in [-0.3, -0.25) is 0 Å². The summed E-state index contributed by atoms with van der Waals surface area (Å²) in [7, 11) is -2.50. The second-order valence-corrected chi connectivity index (χ2v) is 14.3. The maximum Gasteiger partial charge on any atom is 0.261 e. The highest BCUT2D eigenvalue weighted by Gasteiger charge is 2.50. The summed E-state index contributed by atoms with van der Waals surface area (Å²) in [6.07, 6.45) is 7.91. The minimum atomic E-state index is -2.50. The van der Waals surface area contributed by atoms with Crippen molar-refractivity contribution < 1.29 is 9.53 Å². The topological polar surface area (TPSA) is 29.5 Å². The molecular weight excluding hydrogens is 396 g/mol. The molecular formula is C28H38O2Si. The van der Waals surface area contributed by atoms with E-state index in [2.05, 4.69) is 107 Å². The quantitative estimate of drug-likeness (QED) is 0.441. The largest absolute Gasteiger partial charge is 0.407 e. The van der Waals surface area contributed by atoms with E-state index < -0.39 is 8.32 Å². The van der Waals surface area contributed by atoms with Crippen molar-refractivity contribution in [2.24, 2.45) is 11.8 Å². The highest BCUT2D eigenvalue weighted by molar-refractivity contribution is 6.99. The third kappa shape index (κ3) is 5.28. The second kappa shape index (κ2) is 10.1. The molecule has 2 aromatic rings. The zero-order valence-electron chi connectivity index (χ0n) is 19.7. The van der Waals surface area contributed by atoms with Gasteiger partial charge in [0.25, 0.3) is 8.32 Å². The summed E-state index contributed by atoms with van der Waals surface area (Å²) >= 11 is 0. The van der Waals surface area contributed by atoms with Gasteiger partial charge in [0.05, 0.1) is 6.10 Å². The van der Waals surface area contributed by atoms with Gasteiger partial charge in [0.15, 0.2) is 0 Å². The average molecular weight is 435 g/mol. The van der Waals surface area contributed by atoms with Gasteiger partial charge in [0, 0.05) is 6.61 Å². The molecule has 0 amide bonds. The summed E-state index contributed by atoms with van der Waals surface area (Å²) < 4.78 is 7.05. The van der Waals surface area contributed by atoms with Crippen LogP contribution in [0.4, 0.5) is 0 Å². The van der Waals surface area contributed by atoms with Gasteiger partial charge in [0.2, 0.25) is 0 Å². The van der Waals surface area contributed by atoms with Crippen LogP contribution in [0.1, 0.15) is 47.5 Å². The van der Waals surface area contributed by atoms with Crippen molar-refractivity contribution in [1.29, 1.82) is 0 Å². The van der Waals surface area contributed by atoms with Crippen molar-refractivity contribution in [3.63, 3.8) is 0 Å². The van der Waals surface area contributed by atoms with Gasteiger partial charge < -0.3 is 9.53 Å². The molecule has 0 radical (unpaired) electrons. The monoisotopic (exact) mass is 434 g/mol. The van der Waals surface area contributed by atoms with Crippen molar-refractivity contribution in [1.82, 2.24) is 0 Å². The molecule has 0 spiro atoms. The maximum absolute atomic E-state index is 10.5. The Hall–Kier alpha value is -1.94. The summed E-state index contributed by atoms with van der Waals surface area (Å²) in [4.78, 5) is 0. The molecule has 0 saturated heterocycles. The number of hydrogen-bond acceptors (Lipinski definition) is 2. The van der Waals surface area contributed by atoms with Crippen LogP contribution in [0.5, 0.6) is 0 Å². The number of rotatable bonds is 8. The number of aliphatic hydroxyl groups is 1. The fourth-order valence-electron chi connectivity index (χ4n) is 4.90. The smallest absolute Gasteiger partial charge is 0.261 e. The fourth-order valence-corrected chi connectivity index (χ4v) is 9.48. The van der Waals surface area contributed by atoms with E-state index in [-0.39, 0.29) is 17.1 Å². The van der Waals surface area contributed by atoms with Crippen molar-refractivity contribution in [2.45, 2.75) is 58.6 Å². The maximum atomic E-state index is 10.5. The van der Waals surface area contributed by atoms with Crippen molar-refractivity contribution >= 4 is 18.7 Å². The molecule has 0 bridgehead atoms. The number of aliphatic hydroxyl groups excluding tert-OH is 1. The van der Waals surface area contributed by atoms with E-state index in [1.54, 1.807) is 0 Å². The molecule has 3 atom stereocenters. The Morgan fingerprint density at radius 2 is 1.48 bits per heavy atom. The van der Waals surface area contributed by atoms with E-state index in [0.29, 0.717) is 12.5 Å². The summed E-state index contributed by atoms with van der Waals surface area (Å²) in [6.45, 7) is 11.9. The summed E-state index contributed by atoms with van der Waals surface area (Å²) in [6, 6.07) is 21.6. The van der Waals surface area contributed by atoms with E-state index in [0.717, 1.165) is 12.8 Å². The van der Waals surface area contributed by atoms with Crippen LogP contribution >= 0.6 is 0 Å². The van der Waals surface area contributed by atoms with Gasteiger partial charge in [-0.1, -0.05) is 105 Å². The molecule has 2 aromatic carbocycles. The van der Waals surface area contributed by atoms with E-state index in [9.17, 15) is 5.11 Å². The first-order valence-electron chi connectivity index (χ1n) is 11.5. The molecule has 0 saturated carbocycles. The Labute approximate surface area is 189 Å². The Morgan fingerprint density at radius 3 is 1.97 bits per heavy atom. The Morgan fingerprint density at radius 1 is 0.935 bits per heavy atom. The predicted molar refractivity (Wildman–Crippen MR) is 134 cm³/mol. The zero-order chi connectivity index (χ0) is 22.5. The number of benzene rings is 2. The van der Waals surface area contributed by atoms with Crippen molar-refractivity contribution in [3.05, 3.63) is 84.5 Å². The highest BCUT2D eigenvalue weighted by atomic mass is 28.4. The van der Waals surface area contributed by atoms with Gasteiger partial charge in [-0.2, -0.15) is 0 Å². The van der Waals surface area contributed by atoms with Crippen molar-refractivity contribution in [2.75, 3.05) is 6.61 Å². The van der Waals surface area contributed by atoms with Gasteiger partial charge in [-0.25, -0.2) is 0 Å². The lowest BCUT2D eigenvalue weighted by Gasteiger charge is -2.43. The van der Waals surface area contributed by atoms with Crippen LogP contribution < -0.4 is 10.4 Å². The zero-order valence-corrected chi connectivity index (χ0v) is 20.7. The molecule has 0 aliphatic heterocycles. The third-order valence-corrected chi connectivity index (χ3v) is 11.6. The minimum absolute atomic E-state index is 0.0117. The van der Waals surface area contributed by atoms with Crippen LogP contribution in [-0.2, 0) is 4.43 Å². The summed E-state index contributed by atoms with van der Waals surface area (Å²) in [5.74, 6) is 0.599. The van der Waals surface area contributed by atoms with E-state index in [1.165, 1.54) is 15.9 Å². The number of allylic oxidation sites excluding steroid dienone is 3. The lowest BCUT2D eigenvalue weighted by atomic mass is 9.88. The average Bonchev–Trinajstić information content (AvgIpc) is 3.09. The Bertz CT molecular complexity index is 837. The lowest BCUT2D eigenvalue weighted by Crippen LogP contribution is -2.66. The molecule has 166 valence electrons. The van der Waals surface area contributed by atoms with Crippen LogP contribution in [0.2, 0.25) is 5.04 Å². The van der Waals surface area contributed by atoms with E-state index >= 15 is 0 Å². The van der Waals surface area contributed by atoms with Gasteiger partial charge in [-0.05, 0) is 53.9 Å². The van der Waals surface area contributed by atoms with Gasteiger partial charge in [0.1, 0.15) is 0 Å². The molecule has 2 nitrogen and oxygen atoms in total. The number of hydrogen-bond donors (Lipinski definition) is 1. The van der Waals surface area contributed by atoms with Crippen LogP contribution in [0.15, 0.2) is 84.5 Å². The first kappa shape index (κ1) is 23.7. The molecule has 1 N–H and O–H groups in total. The molecule has 0 aromatic heterocycles. The first-order chi connectivity index (χ1) is 14.8. The van der Waals surface area contributed by atoms with Crippen LogP contribution in [-0.4, -0.2) is 26.1 Å². The molecule has 1 aliphatic rings. The summed E-state index contributed by atoms with van der Waals surface area (Å²) in [5.41, 5.74) is 1.31. The predicted octanol–water partition coefficient (Wildman–Crippen LogP) is 5.47. The highest BCUT2D eigenvalue weighted by Crippen LogP contribution is 2.38. The lowest BCUT2D eigenvalue weighted by molar-refractivity contribution is 0.132. The Kier molecular flexibility index (Phi) is 7.74. The molecule has 31 heavy (non-hydrogen) atoms. The van der Waals surface area contributed by atoms with Crippen LogP contribution in [0, 0.1) is 11.8 Å². The third-order valence-electron chi connectivity index (χ3n) is 6.53. The van der Waals surface area contributed by atoms with Crippen LogP contribution in [0.25, 0.3) is 0 Å². The molecule has 0 fully saturated rings. The van der Waals surface area contributed by atoms with Crippen molar-refractivity contribution in [3.8, 4) is 0 Å². The Balaban J connectivity index is 1.87. The summed E-state index contributed by atoms with van der Waals surface area (Å²) in [5, 5.41) is 13.1. The minimum Gasteiger partial charge on any atom is -0.407 e. The van der Waals surface area contributed by atoms with E-state index in [4.69, 9.17) is 4.43 Å². The molecule has 3 heteroatoms. The molecule has 1 aliphatic carbocycles. The second-order valence-electron chi connectivity index (χ2n) is 10.0. The molecule has 0 heterocycles. The first-order valence-corrected chi connectivity index (χ1v) is 13.4. The van der Waals surface area contributed by atoms with Gasteiger partial charge >= 0.3 is 0 Å². The van der Waals surface area contributed by atoms with Crippen LogP contribution in [0.3, 0.4) is 0 Å². The fraction of sp³-hybridized carbons (Fsp3) is 0.429. The van der Waals surface area contributed by atoms with E-state index in [1.807, 2.05) is 6.08 Å². The van der Waals surface area contributed by atoms with Gasteiger partial charge in [-0.15, -0.1) is 0 Å².